The van der Waals surface area contributed by atoms with E-state index in [4.69, 9.17) is 0 Å². The van der Waals surface area contributed by atoms with Crippen LogP contribution in [0.15, 0.2) is 0 Å². The molecule has 2 nitrogen and oxygen atoms in total. The Morgan fingerprint density at radius 1 is 1.36 bits per heavy atom. The monoisotopic (exact) mass is 155 g/mol. The van der Waals surface area contributed by atoms with Gasteiger partial charge in [0.25, 0.3) is 0 Å². The van der Waals surface area contributed by atoms with E-state index in [0.717, 1.165) is 32.2 Å². The number of rotatable bonds is 4. The topological polar surface area (TPSA) is 20.3 Å². The number of hydrogen-bond donors (Lipinski definition) is 0. The van der Waals surface area contributed by atoms with Crippen molar-refractivity contribution in [2.24, 2.45) is 5.92 Å². The maximum absolute atomic E-state index is 10.3. The highest BCUT2D eigenvalue weighted by atomic mass is 16.1. The van der Waals surface area contributed by atoms with Crippen molar-refractivity contribution in [2.75, 3.05) is 13.1 Å². The first-order valence-electron chi connectivity index (χ1n) is 4.51. The van der Waals surface area contributed by atoms with E-state index in [2.05, 4.69) is 18.7 Å². The molecule has 0 saturated heterocycles. The van der Waals surface area contributed by atoms with E-state index in [9.17, 15) is 4.79 Å². The summed E-state index contributed by atoms with van der Waals surface area (Å²) in [6.45, 7) is 6.59. The average molecular weight is 155 g/mol. The fourth-order valence-electron chi connectivity index (χ4n) is 1.78. The third-order valence-electron chi connectivity index (χ3n) is 2.67. The van der Waals surface area contributed by atoms with Crippen LogP contribution in [0.2, 0.25) is 0 Å². The minimum Gasteiger partial charge on any atom is -0.303 e. The SMILES string of the molecule is CCN(CC)C1CC(C=O)C1. The molecule has 0 heterocycles. The lowest BCUT2D eigenvalue weighted by molar-refractivity contribution is -0.115. The molecule has 2 heteroatoms. The summed E-state index contributed by atoms with van der Waals surface area (Å²) in [5, 5.41) is 0. The second-order valence-corrected chi connectivity index (χ2v) is 3.24. The van der Waals surface area contributed by atoms with E-state index in [0.29, 0.717) is 12.0 Å². The maximum atomic E-state index is 10.3. The van der Waals surface area contributed by atoms with Crippen molar-refractivity contribution >= 4 is 6.29 Å². The molecule has 1 saturated carbocycles. The Bertz CT molecular complexity index is 126. The molecule has 0 bridgehead atoms. The van der Waals surface area contributed by atoms with Crippen LogP contribution in [0.1, 0.15) is 26.7 Å². The predicted octanol–water partition coefficient (Wildman–Crippen LogP) is 1.31. The molecule has 1 aliphatic carbocycles. The van der Waals surface area contributed by atoms with Gasteiger partial charge < -0.3 is 9.69 Å². The highest BCUT2D eigenvalue weighted by Crippen LogP contribution is 2.29. The van der Waals surface area contributed by atoms with Crippen LogP contribution in [0.25, 0.3) is 0 Å². The van der Waals surface area contributed by atoms with E-state index in [-0.39, 0.29) is 0 Å². The lowest BCUT2D eigenvalue weighted by Gasteiger charge is -2.39. The van der Waals surface area contributed by atoms with Crippen LogP contribution in [0, 0.1) is 5.92 Å². The van der Waals surface area contributed by atoms with Gasteiger partial charge in [-0.2, -0.15) is 0 Å². The molecule has 1 fully saturated rings. The van der Waals surface area contributed by atoms with Crippen molar-refractivity contribution < 1.29 is 4.79 Å². The zero-order valence-corrected chi connectivity index (χ0v) is 7.42. The molecule has 0 unspecified atom stereocenters. The van der Waals surface area contributed by atoms with Crippen molar-refractivity contribution in [1.29, 1.82) is 0 Å². The molecule has 11 heavy (non-hydrogen) atoms. The molecule has 0 radical (unpaired) electrons. The number of aldehydes is 1. The number of carbonyl (C=O) groups is 1. The lowest BCUT2D eigenvalue weighted by atomic mass is 9.80. The molecule has 0 aromatic heterocycles. The summed E-state index contributed by atoms with van der Waals surface area (Å²) in [6.07, 6.45) is 3.27. The van der Waals surface area contributed by atoms with Crippen LogP contribution in [-0.4, -0.2) is 30.3 Å². The van der Waals surface area contributed by atoms with Crippen LogP contribution in [0.4, 0.5) is 0 Å². The molecule has 0 spiro atoms. The van der Waals surface area contributed by atoms with Crippen LogP contribution in [0.5, 0.6) is 0 Å². The summed E-state index contributed by atoms with van der Waals surface area (Å²) in [7, 11) is 0. The van der Waals surface area contributed by atoms with E-state index in [1.807, 2.05) is 0 Å². The number of carbonyl (C=O) groups excluding carboxylic acids is 1. The van der Waals surface area contributed by atoms with Gasteiger partial charge in [0.1, 0.15) is 6.29 Å². The van der Waals surface area contributed by atoms with Gasteiger partial charge in [0.2, 0.25) is 0 Å². The largest absolute Gasteiger partial charge is 0.303 e. The van der Waals surface area contributed by atoms with Gasteiger partial charge in [0, 0.05) is 12.0 Å². The van der Waals surface area contributed by atoms with Gasteiger partial charge in [-0.25, -0.2) is 0 Å². The van der Waals surface area contributed by atoms with Gasteiger partial charge in [-0.1, -0.05) is 13.8 Å². The zero-order valence-electron chi connectivity index (χ0n) is 7.42. The Hall–Kier alpha value is -0.370. The second kappa shape index (κ2) is 3.86. The number of nitrogens with zero attached hydrogens (tertiary/aromatic N) is 1. The molecule has 0 aromatic carbocycles. The minimum absolute atomic E-state index is 0.362. The Kier molecular flexibility index (Phi) is 3.06. The molecule has 0 N–H and O–H groups in total. The molecule has 1 aliphatic rings. The van der Waals surface area contributed by atoms with Crippen molar-refractivity contribution in [3.05, 3.63) is 0 Å². The average Bonchev–Trinajstić information content (AvgIpc) is 1.95. The van der Waals surface area contributed by atoms with E-state index >= 15 is 0 Å². The molecular weight excluding hydrogens is 138 g/mol. The molecule has 64 valence electrons. The van der Waals surface area contributed by atoms with Crippen LogP contribution in [-0.2, 0) is 4.79 Å². The molecule has 0 amide bonds. The summed E-state index contributed by atoms with van der Waals surface area (Å²) in [4.78, 5) is 12.7. The van der Waals surface area contributed by atoms with Gasteiger partial charge in [0.05, 0.1) is 0 Å². The molecule has 0 atom stereocenters. The molecule has 0 aliphatic heterocycles. The minimum atomic E-state index is 0.362. The normalized spacial score (nSPS) is 30.1. The van der Waals surface area contributed by atoms with Crippen LogP contribution in [0.3, 0.4) is 0 Å². The second-order valence-electron chi connectivity index (χ2n) is 3.24. The Balaban J connectivity index is 2.23. The number of hydrogen-bond acceptors (Lipinski definition) is 2. The Labute approximate surface area is 68.6 Å². The quantitative estimate of drug-likeness (QED) is 0.570. The Morgan fingerprint density at radius 3 is 2.27 bits per heavy atom. The summed E-state index contributed by atoms with van der Waals surface area (Å²) < 4.78 is 0. The van der Waals surface area contributed by atoms with Crippen molar-refractivity contribution in [3.8, 4) is 0 Å². The fourth-order valence-corrected chi connectivity index (χ4v) is 1.78. The van der Waals surface area contributed by atoms with E-state index < -0.39 is 0 Å². The summed E-state index contributed by atoms with van der Waals surface area (Å²) >= 11 is 0. The highest BCUT2D eigenvalue weighted by molar-refractivity contribution is 5.55. The van der Waals surface area contributed by atoms with Gasteiger partial charge in [0.15, 0.2) is 0 Å². The first-order chi connectivity index (χ1) is 5.31. The molecule has 0 aromatic rings. The first-order valence-corrected chi connectivity index (χ1v) is 4.51. The summed E-state index contributed by atoms with van der Waals surface area (Å²) in [6, 6.07) is 0.695. The van der Waals surface area contributed by atoms with Crippen molar-refractivity contribution in [2.45, 2.75) is 32.7 Å². The van der Waals surface area contributed by atoms with Gasteiger partial charge in [-0.05, 0) is 25.9 Å². The van der Waals surface area contributed by atoms with Gasteiger partial charge in [-0.15, -0.1) is 0 Å². The van der Waals surface area contributed by atoms with Crippen molar-refractivity contribution in [1.82, 2.24) is 4.90 Å². The third-order valence-corrected chi connectivity index (χ3v) is 2.67. The zero-order chi connectivity index (χ0) is 8.27. The van der Waals surface area contributed by atoms with E-state index in [1.54, 1.807) is 0 Å². The lowest BCUT2D eigenvalue weighted by Crippen LogP contribution is -2.44. The van der Waals surface area contributed by atoms with Crippen LogP contribution >= 0.6 is 0 Å². The maximum Gasteiger partial charge on any atom is 0.123 e. The van der Waals surface area contributed by atoms with Crippen molar-refractivity contribution in [3.63, 3.8) is 0 Å². The first kappa shape index (κ1) is 8.72. The summed E-state index contributed by atoms with van der Waals surface area (Å²) in [5.74, 6) is 0.362. The summed E-state index contributed by atoms with van der Waals surface area (Å²) in [5.41, 5.74) is 0. The smallest absolute Gasteiger partial charge is 0.123 e. The third kappa shape index (κ3) is 1.80. The Morgan fingerprint density at radius 2 is 1.91 bits per heavy atom. The molecule has 1 rings (SSSR count). The van der Waals surface area contributed by atoms with Crippen LogP contribution < -0.4 is 0 Å². The van der Waals surface area contributed by atoms with Gasteiger partial charge in [-0.3, -0.25) is 0 Å². The fraction of sp³-hybridized carbons (Fsp3) is 0.889. The highest BCUT2D eigenvalue weighted by Gasteiger charge is 2.31. The predicted molar refractivity (Wildman–Crippen MR) is 45.5 cm³/mol. The standard InChI is InChI=1S/C9H17NO/c1-3-10(4-2)9-5-8(6-9)7-11/h7-9H,3-6H2,1-2H3. The van der Waals surface area contributed by atoms with E-state index in [1.165, 1.54) is 0 Å². The molecular formula is C9H17NO. The van der Waals surface area contributed by atoms with Gasteiger partial charge >= 0.3 is 0 Å².